The number of rotatable bonds is 2. The number of hydrogen-bond acceptors (Lipinski definition) is 4. The summed E-state index contributed by atoms with van der Waals surface area (Å²) >= 11 is 0. The molecule has 0 unspecified atom stereocenters. The zero-order valence-corrected chi connectivity index (χ0v) is 7.16. The van der Waals surface area contributed by atoms with Crippen LogP contribution in [0.2, 0.25) is 0 Å². The maximum atomic E-state index is 10.8. The van der Waals surface area contributed by atoms with Crippen molar-refractivity contribution in [2.24, 2.45) is 5.73 Å². The Hall–Kier alpha value is -2.24. The highest BCUT2D eigenvalue weighted by atomic mass is 16.1. The second-order valence-corrected chi connectivity index (χ2v) is 2.58. The molecule has 0 saturated carbocycles. The summed E-state index contributed by atoms with van der Waals surface area (Å²) in [7, 11) is 0. The van der Waals surface area contributed by atoms with Crippen LogP contribution in [0.5, 0.6) is 0 Å². The molecule has 0 aliphatic rings. The molecule has 6 nitrogen and oxygen atoms in total. The molecule has 0 bridgehead atoms. The summed E-state index contributed by atoms with van der Waals surface area (Å²) in [5, 5.41) is 3.96. The van der Waals surface area contributed by atoms with E-state index in [0.717, 1.165) is 0 Å². The molecule has 0 fully saturated rings. The van der Waals surface area contributed by atoms with Crippen LogP contribution < -0.4 is 5.73 Å². The van der Waals surface area contributed by atoms with E-state index in [0.29, 0.717) is 5.82 Å². The number of nitrogens with zero attached hydrogens (tertiary/aromatic N) is 4. The van der Waals surface area contributed by atoms with Gasteiger partial charge in [0.15, 0.2) is 5.82 Å². The predicted molar refractivity (Wildman–Crippen MR) is 47.7 cm³/mol. The zero-order valence-electron chi connectivity index (χ0n) is 7.16. The molecule has 2 rings (SSSR count). The summed E-state index contributed by atoms with van der Waals surface area (Å²) in [4.78, 5) is 18.5. The molecule has 0 saturated heterocycles. The minimum atomic E-state index is -0.583. The van der Waals surface area contributed by atoms with E-state index in [2.05, 4.69) is 15.1 Å². The molecule has 2 N–H and O–H groups in total. The first-order valence-electron chi connectivity index (χ1n) is 3.89. The standard InChI is InChI=1S/C8H7N5O/c9-8(14)6-4-7(11-5-10-6)13-3-1-2-12-13/h1-5H,(H2,9,14). The van der Waals surface area contributed by atoms with Crippen LogP contribution in [0.3, 0.4) is 0 Å². The average molecular weight is 189 g/mol. The fourth-order valence-electron chi connectivity index (χ4n) is 1.01. The van der Waals surface area contributed by atoms with E-state index in [9.17, 15) is 4.79 Å². The third kappa shape index (κ3) is 1.45. The van der Waals surface area contributed by atoms with Gasteiger partial charge in [-0.2, -0.15) is 5.10 Å². The van der Waals surface area contributed by atoms with E-state index in [1.54, 1.807) is 18.5 Å². The van der Waals surface area contributed by atoms with Gasteiger partial charge in [0.05, 0.1) is 0 Å². The summed E-state index contributed by atoms with van der Waals surface area (Å²) in [5.41, 5.74) is 5.25. The third-order valence-electron chi connectivity index (χ3n) is 1.64. The van der Waals surface area contributed by atoms with Crippen molar-refractivity contribution >= 4 is 5.91 Å². The molecular formula is C8H7N5O. The van der Waals surface area contributed by atoms with Gasteiger partial charge in [-0.25, -0.2) is 14.6 Å². The Labute approximate surface area is 79.4 Å². The molecule has 70 valence electrons. The first-order valence-corrected chi connectivity index (χ1v) is 3.89. The second-order valence-electron chi connectivity index (χ2n) is 2.58. The van der Waals surface area contributed by atoms with Crippen molar-refractivity contribution in [1.82, 2.24) is 19.7 Å². The van der Waals surface area contributed by atoms with Gasteiger partial charge < -0.3 is 5.73 Å². The first kappa shape index (κ1) is 8.36. The summed E-state index contributed by atoms with van der Waals surface area (Å²) < 4.78 is 1.52. The van der Waals surface area contributed by atoms with Crippen molar-refractivity contribution in [2.45, 2.75) is 0 Å². The van der Waals surface area contributed by atoms with Crippen molar-refractivity contribution < 1.29 is 4.79 Å². The SMILES string of the molecule is NC(=O)c1cc(-n2cccn2)ncn1. The summed E-state index contributed by atoms with van der Waals surface area (Å²) in [5.74, 6) is -0.0698. The lowest BCUT2D eigenvalue weighted by Gasteiger charge is -2.00. The topological polar surface area (TPSA) is 86.7 Å². The fraction of sp³-hybridized carbons (Fsp3) is 0. The van der Waals surface area contributed by atoms with E-state index in [4.69, 9.17) is 5.73 Å². The molecule has 6 heteroatoms. The van der Waals surface area contributed by atoms with Gasteiger partial charge in [-0.15, -0.1) is 0 Å². The van der Waals surface area contributed by atoms with E-state index >= 15 is 0 Å². The quantitative estimate of drug-likeness (QED) is 0.706. The molecule has 2 aromatic rings. The number of hydrogen-bond donors (Lipinski definition) is 1. The van der Waals surface area contributed by atoms with Crippen LogP contribution in [0.25, 0.3) is 5.82 Å². The molecule has 2 heterocycles. The van der Waals surface area contributed by atoms with Crippen molar-refractivity contribution in [3.05, 3.63) is 36.5 Å². The predicted octanol–water partition coefficient (Wildman–Crippen LogP) is -0.239. The van der Waals surface area contributed by atoms with Crippen LogP contribution in [0, 0.1) is 0 Å². The highest BCUT2D eigenvalue weighted by Crippen LogP contribution is 2.02. The maximum Gasteiger partial charge on any atom is 0.267 e. The van der Waals surface area contributed by atoms with Gasteiger partial charge in [0.25, 0.3) is 5.91 Å². The van der Waals surface area contributed by atoms with E-state index in [1.165, 1.54) is 17.1 Å². The van der Waals surface area contributed by atoms with Gasteiger partial charge >= 0.3 is 0 Å². The third-order valence-corrected chi connectivity index (χ3v) is 1.64. The highest BCUT2D eigenvalue weighted by Gasteiger charge is 2.04. The van der Waals surface area contributed by atoms with Gasteiger partial charge in [-0.3, -0.25) is 4.79 Å². The molecule has 0 spiro atoms. The van der Waals surface area contributed by atoms with Crippen LogP contribution in [-0.2, 0) is 0 Å². The van der Waals surface area contributed by atoms with Crippen LogP contribution in [0.4, 0.5) is 0 Å². The Bertz CT molecular complexity index is 451. The van der Waals surface area contributed by atoms with Crippen LogP contribution in [-0.4, -0.2) is 25.7 Å². The van der Waals surface area contributed by atoms with E-state index in [-0.39, 0.29) is 5.69 Å². The molecule has 0 aliphatic carbocycles. The van der Waals surface area contributed by atoms with E-state index in [1.807, 2.05) is 0 Å². The van der Waals surface area contributed by atoms with Crippen LogP contribution >= 0.6 is 0 Å². The zero-order chi connectivity index (χ0) is 9.97. The number of amides is 1. The number of primary amides is 1. The Morgan fingerprint density at radius 2 is 2.29 bits per heavy atom. The van der Waals surface area contributed by atoms with Gasteiger partial charge in [0, 0.05) is 18.5 Å². The van der Waals surface area contributed by atoms with Gasteiger partial charge in [0.2, 0.25) is 0 Å². The molecule has 2 aromatic heterocycles. The average Bonchev–Trinajstić information content (AvgIpc) is 2.71. The second kappa shape index (κ2) is 3.25. The number of aromatic nitrogens is 4. The molecular weight excluding hydrogens is 182 g/mol. The van der Waals surface area contributed by atoms with Gasteiger partial charge in [-0.05, 0) is 6.07 Å². The molecule has 0 aromatic carbocycles. The van der Waals surface area contributed by atoms with Gasteiger partial charge in [0.1, 0.15) is 12.0 Å². The summed E-state index contributed by atoms with van der Waals surface area (Å²) in [6.07, 6.45) is 4.61. The lowest BCUT2D eigenvalue weighted by atomic mass is 10.4. The number of carbonyl (C=O) groups is 1. The summed E-state index contributed by atoms with van der Waals surface area (Å²) in [6.45, 7) is 0. The van der Waals surface area contributed by atoms with Crippen molar-refractivity contribution in [1.29, 1.82) is 0 Å². The van der Waals surface area contributed by atoms with Crippen LogP contribution in [0.1, 0.15) is 10.5 Å². The largest absolute Gasteiger partial charge is 0.364 e. The van der Waals surface area contributed by atoms with Crippen molar-refractivity contribution in [3.63, 3.8) is 0 Å². The lowest BCUT2D eigenvalue weighted by Crippen LogP contribution is -2.14. The number of carbonyl (C=O) groups excluding carboxylic acids is 1. The minimum Gasteiger partial charge on any atom is -0.364 e. The fourth-order valence-corrected chi connectivity index (χ4v) is 1.01. The Kier molecular flexibility index (Phi) is 1.94. The molecule has 0 aliphatic heterocycles. The smallest absolute Gasteiger partial charge is 0.267 e. The first-order chi connectivity index (χ1) is 6.77. The molecule has 0 atom stereocenters. The Morgan fingerprint density at radius 1 is 1.43 bits per heavy atom. The van der Waals surface area contributed by atoms with Crippen LogP contribution in [0.15, 0.2) is 30.9 Å². The van der Waals surface area contributed by atoms with Crippen molar-refractivity contribution in [3.8, 4) is 5.82 Å². The summed E-state index contributed by atoms with van der Waals surface area (Å²) in [6, 6.07) is 3.24. The molecule has 14 heavy (non-hydrogen) atoms. The van der Waals surface area contributed by atoms with Gasteiger partial charge in [-0.1, -0.05) is 0 Å². The minimum absolute atomic E-state index is 0.172. The normalized spacial score (nSPS) is 10.0. The molecule has 0 radical (unpaired) electrons. The van der Waals surface area contributed by atoms with Crippen molar-refractivity contribution in [2.75, 3.05) is 0 Å². The monoisotopic (exact) mass is 189 g/mol. The lowest BCUT2D eigenvalue weighted by molar-refractivity contribution is 0.0995. The molecule has 1 amide bonds. The Balaban J connectivity index is 2.46. The Morgan fingerprint density at radius 3 is 2.93 bits per heavy atom. The number of nitrogens with two attached hydrogens (primary N) is 1. The maximum absolute atomic E-state index is 10.8. The highest BCUT2D eigenvalue weighted by molar-refractivity contribution is 5.90. The van der Waals surface area contributed by atoms with E-state index < -0.39 is 5.91 Å².